The Labute approximate surface area is 118 Å². The lowest BCUT2D eigenvalue weighted by Crippen LogP contribution is -2.30. The lowest BCUT2D eigenvalue weighted by atomic mass is 10.3. The predicted molar refractivity (Wildman–Crippen MR) is 75.2 cm³/mol. The minimum absolute atomic E-state index is 0.0380. The topological polar surface area (TPSA) is 163 Å². The minimum Gasteiger partial charge on any atom is -0.458 e. The van der Waals surface area contributed by atoms with Gasteiger partial charge >= 0.3 is 0 Å². The van der Waals surface area contributed by atoms with Crippen LogP contribution in [0.2, 0.25) is 0 Å². The number of hydrogen-bond acceptors (Lipinski definition) is 6. The fraction of sp³-hybridized carbons (Fsp3) is 0.111. The zero-order valence-electron chi connectivity index (χ0n) is 10.1. The molecule has 11 heteroatoms. The third-order valence-electron chi connectivity index (χ3n) is 2.08. The Kier molecular flexibility index (Phi) is 4.04. The van der Waals surface area contributed by atoms with Crippen LogP contribution in [0.5, 0.6) is 0 Å². The minimum atomic E-state index is -3.76. The van der Waals surface area contributed by atoms with Gasteiger partial charge in [-0.25, -0.2) is 10.1 Å². The van der Waals surface area contributed by atoms with Gasteiger partial charge in [-0.05, 0) is 12.1 Å². The number of hydrogen-bond donors (Lipinski definition) is 4. The van der Waals surface area contributed by atoms with E-state index in [1.807, 2.05) is 0 Å². The molecule has 108 valence electrons. The van der Waals surface area contributed by atoms with Gasteiger partial charge in [0.2, 0.25) is 5.13 Å². The standard InChI is InChI=1S/C9H12N6O3S2/c10-8(11)15-9-14-6(4-19-9)7-2-1-5(18-7)3-13-20(12,16)17/h1-2,4,13H,3H2,(H2,12,16,17)(H4,10,11,14,15). The van der Waals surface area contributed by atoms with Gasteiger partial charge in [0, 0.05) is 5.38 Å². The molecule has 0 saturated heterocycles. The highest BCUT2D eigenvalue weighted by Crippen LogP contribution is 2.27. The van der Waals surface area contributed by atoms with E-state index in [9.17, 15) is 8.42 Å². The van der Waals surface area contributed by atoms with E-state index in [0.29, 0.717) is 22.3 Å². The maximum absolute atomic E-state index is 10.8. The van der Waals surface area contributed by atoms with E-state index in [1.165, 1.54) is 11.3 Å². The summed E-state index contributed by atoms with van der Waals surface area (Å²) in [6.45, 7) is -0.0380. The Morgan fingerprint density at radius 1 is 1.45 bits per heavy atom. The van der Waals surface area contributed by atoms with Crippen molar-refractivity contribution in [3.05, 3.63) is 23.3 Å². The Morgan fingerprint density at radius 2 is 2.20 bits per heavy atom. The molecule has 2 heterocycles. The van der Waals surface area contributed by atoms with Gasteiger partial charge in [-0.1, -0.05) is 0 Å². The first-order valence-corrected chi connectivity index (χ1v) is 7.68. The Bertz CT molecular complexity index is 728. The van der Waals surface area contributed by atoms with Crippen molar-refractivity contribution in [1.82, 2.24) is 9.71 Å². The van der Waals surface area contributed by atoms with Gasteiger partial charge in [-0.3, -0.25) is 0 Å². The number of nitrogens with zero attached hydrogens (tertiary/aromatic N) is 2. The van der Waals surface area contributed by atoms with Gasteiger partial charge < -0.3 is 15.9 Å². The summed E-state index contributed by atoms with van der Waals surface area (Å²) in [5.41, 5.74) is 11.1. The van der Waals surface area contributed by atoms with Gasteiger partial charge in [-0.15, -0.1) is 11.3 Å². The summed E-state index contributed by atoms with van der Waals surface area (Å²) in [7, 11) is -3.76. The zero-order chi connectivity index (χ0) is 14.8. The van der Waals surface area contributed by atoms with Crippen molar-refractivity contribution < 1.29 is 12.8 Å². The molecule has 0 spiro atoms. The predicted octanol–water partition coefficient (Wildman–Crippen LogP) is -0.399. The third-order valence-corrected chi connectivity index (χ3v) is 3.36. The summed E-state index contributed by atoms with van der Waals surface area (Å²) in [4.78, 5) is 7.97. The number of nitrogens with one attached hydrogen (secondary N) is 1. The highest BCUT2D eigenvalue weighted by atomic mass is 32.2. The van der Waals surface area contributed by atoms with Gasteiger partial charge in [0.1, 0.15) is 11.5 Å². The highest BCUT2D eigenvalue weighted by Gasteiger charge is 2.10. The summed E-state index contributed by atoms with van der Waals surface area (Å²) in [6.07, 6.45) is 0. The smallest absolute Gasteiger partial charge is 0.274 e. The molecule has 2 aromatic rings. The lowest BCUT2D eigenvalue weighted by molar-refractivity contribution is 0.509. The molecule has 2 aromatic heterocycles. The summed E-state index contributed by atoms with van der Waals surface area (Å²) >= 11 is 1.25. The number of furan rings is 1. The molecule has 0 amide bonds. The van der Waals surface area contributed by atoms with Crippen LogP contribution in [0, 0.1) is 0 Å². The molecule has 0 bridgehead atoms. The van der Waals surface area contributed by atoms with Crippen molar-refractivity contribution in [3.63, 3.8) is 0 Å². The van der Waals surface area contributed by atoms with E-state index in [4.69, 9.17) is 21.0 Å². The molecule has 0 saturated carbocycles. The van der Waals surface area contributed by atoms with Gasteiger partial charge in [-0.2, -0.15) is 18.1 Å². The Hall–Kier alpha value is -1.95. The molecule has 20 heavy (non-hydrogen) atoms. The second kappa shape index (κ2) is 5.58. The monoisotopic (exact) mass is 316 g/mol. The average molecular weight is 316 g/mol. The maximum Gasteiger partial charge on any atom is 0.274 e. The molecular weight excluding hydrogens is 304 g/mol. The molecular formula is C9H12N6O3S2. The van der Waals surface area contributed by atoms with Crippen LogP contribution < -0.4 is 21.3 Å². The van der Waals surface area contributed by atoms with Crippen LogP contribution in [0.25, 0.3) is 11.5 Å². The van der Waals surface area contributed by atoms with Crippen molar-refractivity contribution in [2.45, 2.75) is 6.54 Å². The SMILES string of the molecule is NC(N)=Nc1nc(-c2ccc(CNS(N)(=O)=O)o2)cs1. The van der Waals surface area contributed by atoms with Crippen molar-refractivity contribution in [3.8, 4) is 11.5 Å². The Balaban J connectivity index is 2.12. The van der Waals surface area contributed by atoms with Gasteiger partial charge in [0.15, 0.2) is 11.7 Å². The van der Waals surface area contributed by atoms with Crippen LogP contribution in [0.3, 0.4) is 0 Å². The summed E-state index contributed by atoms with van der Waals surface area (Å²) in [5, 5.41) is 6.94. The van der Waals surface area contributed by atoms with Crippen LogP contribution in [-0.4, -0.2) is 19.4 Å². The van der Waals surface area contributed by atoms with Crippen molar-refractivity contribution in [2.75, 3.05) is 0 Å². The molecule has 9 nitrogen and oxygen atoms in total. The molecule has 0 atom stereocenters. The summed E-state index contributed by atoms with van der Waals surface area (Å²) in [5.74, 6) is 0.804. The quantitative estimate of drug-likeness (QED) is 0.433. The number of guanidine groups is 1. The molecule has 0 aliphatic carbocycles. The summed E-state index contributed by atoms with van der Waals surface area (Å²) in [6, 6.07) is 3.28. The van der Waals surface area contributed by atoms with Crippen molar-refractivity contribution in [2.24, 2.45) is 21.6 Å². The first kappa shape index (κ1) is 14.5. The van der Waals surface area contributed by atoms with Crippen LogP contribution >= 0.6 is 11.3 Å². The lowest BCUT2D eigenvalue weighted by Gasteiger charge is -1.97. The van der Waals surface area contributed by atoms with Crippen LogP contribution in [-0.2, 0) is 16.8 Å². The van der Waals surface area contributed by atoms with E-state index in [2.05, 4.69) is 14.7 Å². The number of nitrogens with two attached hydrogens (primary N) is 3. The fourth-order valence-electron chi connectivity index (χ4n) is 1.32. The number of aliphatic imine (C=N–C) groups is 1. The van der Waals surface area contributed by atoms with Crippen LogP contribution in [0.1, 0.15) is 5.76 Å². The van der Waals surface area contributed by atoms with Gasteiger partial charge in [0.05, 0.1) is 6.54 Å². The highest BCUT2D eigenvalue weighted by molar-refractivity contribution is 7.87. The molecule has 0 unspecified atom stereocenters. The summed E-state index contributed by atoms with van der Waals surface area (Å²) < 4.78 is 29.1. The molecule has 0 fully saturated rings. The average Bonchev–Trinajstić information content (AvgIpc) is 2.92. The molecule has 0 aliphatic rings. The second-order valence-electron chi connectivity index (χ2n) is 3.68. The van der Waals surface area contributed by atoms with Gasteiger partial charge in [0.25, 0.3) is 10.2 Å². The van der Waals surface area contributed by atoms with Crippen molar-refractivity contribution in [1.29, 1.82) is 0 Å². The van der Waals surface area contributed by atoms with Crippen molar-refractivity contribution >= 4 is 32.6 Å². The second-order valence-corrected chi connectivity index (χ2v) is 5.90. The van der Waals surface area contributed by atoms with E-state index in [0.717, 1.165) is 0 Å². The number of thiazole rings is 1. The number of aromatic nitrogens is 1. The van der Waals surface area contributed by atoms with E-state index in [1.54, 1.807) is 17.5 Å². The molecule has 7 N–H and O–H groups in total. The van der Waals surface area contributed by atoms with E-state index >= 15 is 0 Å². The van der Waals surface area contributed by atoms with Crippen LogP contribution in [0.4, 0.5) is 5.13 Å². The molecule has 2 rings (SSSR count). The number of rotatable bonds is 5. The maximum atomic E-state index is 10.8. The van der Waals surface area contributed by atoms with E-state index < -0.39 is 10.2 Å². The largest absolute Gasteiger partial charge is 0.458 e. The molecule has 0 aliphatic heterocycles. The van der Waals surface area contributed by atoms with E-state index in [-0.39, 0.29) is 12.5 Å². The molecule has 0 radical (unpaired) electrons. The zero-order valence-corrected chi connectivity index (χ0v) is 11.7. The fourth-order valence-corrected chi connectivity index (χ4v) is 2.36. The van der Waals surface area contributed by atoms with Crippen LogP contribution in [0.15, 0.2) is 26.9 Å². The third kappa shape index (κ3) is 4.03. The normalized spacial score (nSPS) is 11.4. The molecule has 0 aromatic carbocycles. The first-order valence-electron chi connectivity index (χ1n) is 5.25. The first-order chi connectivity index (χ1) is 9.33. The Morgan fingerprint density at radius 3 is 2.85 bits per heavy atom.